The molecule has 0 aromatic heterocycles. The van der Waals surface area contributed by atoms with Crippen molar-refractivity contribution in [1.29, 1.82) is 0 Å². The minimum absolute atomic E-state index is 0.414. The molecule has 0 radical (unpaired) electrons. The van der Waals surface area contributed by atoms with Crippen LogP contribution in [-0.4, -0.2) is 8.42 Å². The molecule has 47 heavy (non-hydrogen) atoms. The number of benzene rings is 4. The molecular formula is C44H48O2S. The first-order chi connectivity index (χ1) is 21.8. The predicted molar refractivity (Wildman–Crippen MR) is 199 cm³/mol. The molecule has 242 valence electrons. The zero-order chi connectivity index (χ0) is 34.4. The third-order valence-corrected chi connectivity index (χ3v) is 14.6. The predicted octanol–water partition coefficient (Wildman–Crippen LogP) is 11.0. The van der Waals surface area contributed by atoms with Crippen molar-refractivity contribution in [3.05, 3.63) is 124 Å². The zero-order valence-corrected chi connectivity index (χ0v) is 31.5. The van der Waals surface area contributed by atoms with Gasteiger partial charge in [0.05, 0.1) is 10.3 Å². The molecule has 1 heterocycles. The van der Waals surface area contributed by atoms with Crippen molar-refractivity contribution < 1.29 is 8.42 Å². The Labute approximate surface area is 282 Å². The molecule has 4 aromatic rings. The highest BCUT2D eigenvalue weighted by molar-refractivity contribution is 7.94. The van der Waals surface area contributed by atoms with Gasteiger partial charge in [-0.3, -0.25) is 0 Å². The lowest BCUT2D eigenvalue weighted by atomic mass is 9.62. The fourth-order valence-corrected chi connectivity index (χ4v) is 11.2. The number of hydrogen-bond acceptors (Lipinski definition) is 2. The molecule has 0 amide bonds. The Kier molecular flexibility index (Phi) is 6.58. The normalized spacial score (nSPS) is 17.2. The molecule has 3 aliphatic rings. The molecule has 0 N–H and O–H groups in total. The quantitative estimate of drug-likeness (QED) is 0.192. The first kappa shape index (κ1) is 31.9. The van der Waals surface area contributed by atoms with Gasteiger partial charge in [0.1, 0.15) is 0 Å². The number of hydrogen-bond donors (Lipinski definition) is 0. The lowest BCUT2D eigenvalue weighted by Crippen LogP contribution is -2.36. The summed E-state index contributed by atoms with van der Waals surface area (Å²) in [7, 11) is -3.73. The molecule has 4 aromatic carbocycles. The van der Waals surface area contributed by atoms with Crippen molar-refractivity contribution in [3.8, 4) is 22.3 Å². The van der Waals surface area contributed by atoms with E-state index in [1.54, 1.807) is 5.41 Å². The van der Waals surface area contributed by atoms with E-state index in [0.717, 1.165) is 16.7 Å². The summed E-state index contributed by atoms with van der Waals surface area (Å²) in [5.41, 5.74) is 24.6. The van der Waals surface area contributed by atoms with Crippen LogP contribution in [0.15, 0.2) is 34.6 Å². The smallest absolute Gasteiger partial charge is 0.200 e. The average Bonchev–Trinajstić information content (AvgIpc) is 3.28. The summed E-state index contributed by atoms with van der Waals surface area (Å²) in [6.45, 7) is 31.5. The van der Waals surface area contributed by atoms with E-state index in [-0.39, 0.29) is 0 Å². The lowest BCUT2D eigenvalue weighted by Gasteiger charge is -2.42. The average molecular weight is 641 g/mol. The van der Waals surface area contributed by atoms with Gasteiger partial charge in [0.25, 0.3) is 0 Å². The van der Waals surface area contributed by atoms with Gasteiger partial charge in [-0.2, -0.15) is 0 Å². The van der Waals surface area contributed by atoms with Crippen molar-refractivity contribution >= 4 is 15.9 Å². The van der Waals surface area contributed by atoms with Gasteiger partial charge in [0.15, 0.2) is 9.84 Å². The van der Waals surface area contributed by atoms with Gasteiger partial charge < -0.3 is 0 Å². The van der Waals surface area contributed by atoms with Gasteiger partial charge in [-0.25, -0.2) is 8.42 Å². The van der Waals surface area contributed by atoms with E-state index in [4.69, 9.17) is 0 Å². The molecule has 0 fully saturated rings. The van der Waals surface area contributed by atoms with E-state index >= 15 is 0 Å². The summed E-state index contributed by atoms with van der Waals surface area (Å²) < 4.78 is 29.0. The second kappa shape index (κ2) is 9.69. The standard InChI is InChI=1S/C44H48O2S/c1-21-22(2)28(8)36-35(27(21)7)37-29(9)23(3)25(5)31(11)39(37)44(40-32(12)26(6)24(4)30(10)38(36)40)19-20-47(45,46)42-34(44)16-15-33-17-18-43(13,14)41(33)42/h15-20H,1-14H3. The van der Waals surface area contributed by atoms with E-state index in [1.165, 1.54) is 100 Å². The van der Waals surface area contributed by atoms with Crippen molar-refractivity contribution in [1.82, 2.24) is 0 Å². The van der Waals surface area contributed by atoms with Crippen LogP contribution in [0, 0.1) is 83.1 Å². The molecule has 7 rings (SSSR count). The van der Waals surface area contributed by atoms with Gasteiger partial charge >= 0.3 is 0 Å². The highest BCUT2D eigenvalue weighted by atomic mass is 32.2. The third-order valence-electron chi connectivity index (χ3n) is 13.1. The Morgan fingerprint density at radius 2 is 0.872 bits per heavy atom. The minimum atomic E-state index is -3.73. The van der Waals surface area contributed by atoms with Gasteiger partial charge in [-0.1, -0.05) is 44.2 Å². The first-order valence-corrected chi connectivity index (χ1v) is 18.5. The molecule has 2 nitrogen and oxygen atoms in total. The van der Waals surface area contributed by atoms with Crippen LogP contribution >= 0.6 is 0 Å². The Bertz CT molecular complexity index is 2240. The number of fused-ring (bicyclic) bond motifs is 11. The van der Waals surface area contributed by atoms with Crippen LogP contribution in [0.2, 0.25) is 0 Å². The molecule has 2 aliphatic carbocycles. The van der Waals surface area contributed by atoms with E-state index < -0.39 is 20.7 Å². The van der Waals surface area contributed by atoms with Crippen LogP contribution in [0.5, 0.6) is 0 Å². The summed E-state index contributed by atoms with van der Waals surface area (Å²) in [6, 6.07) is 4.32. The third kappa shape index (κ3) is 3.70. The highest BCUT2D eigenvalue weighted by Gasteiger charge is 2.51. The van der Waals surface area contributed by atoms with E-state index in [0.29, 0.717) is 4.90 Å². The number of sulfone groups is 1. The molecule has 0 bridgehead atoms. The maximum Gasteiger partial charge on any atom is 0.200 e. The van der Waals surface area contributed by atoms with Gasteiger partial charge in [-0.05, 0) is 200 Å². The van der Waals surface area contributed by atoms with Crippen molar-refractivity contribution in [2.75, 3.05) is 0 Å². The molecule has 1 spiro atoms. The molecule has 1 aliphatic heterocycles. The molecule has 0 atom stereocenters. The molecule has 0 saturated carbocycles. The van der Waals surface area contributed by atoms with Gasteiger partial charge in [0, 0.05) is 10.8 Å². The molecule has 0 unspecified atom stereocenters. The molecule has 0 saturated heterocycles. The molecule has 3 heteroatoms. The largest absolute Gasteiger partial charge is 0.219 e. The van der Waals surface area contributed by atoms with Crippen LogP contribution < -0.4 is 0 Å². The highest BCUT2D eigenvalue weighted by Crippen LogP contribution is 2.62. The van der Waals surface area contributed by atoms with Crippen molar-refractivity contribution in [2.45, 2.75) is 113 Å². The van der Waals surface area contributed by atoms with Crippen LogP contribution in [0.3, 0.4) is 0 Å². The minimum Gasteiger partial charge on any atom is -0.219 e. The Balaban J connectivity index is 1.90. The van der Waals surface area contributed by atoms with E-state index in [9.17, 15) is 8.42 Å². The summed E-state index contributed by atoms with van der Waals surface area (Å²) in [5.74, 6) is 0. The van der Waals surface area contributed by atoms with Crippen molar-refractivity contribution in [3.63, 3.8) is 0 Å². The Hall–Kier alpha value is -3.69. The summed E-state index contributed by atoms with van der Waals surface area (Å²) >= 11 is 0. The van der Waals surface area contributed by atoms with E-state index in [1.807, 2.05) is 0 Å². The monoisotopic (exact) mass is 640 g/mol. The van der Waals surface area contributed by atoms with Crippen LogP contribution in [0.4, 0.5) is 0 Å². The maximum atomic E-state index is 14.5. The maximum absolute atomic E-state index is 14.5. The second-order valence-electron chi connectivity index (χ2n) is 15.4. The summed E-state index contributed by atoms with van der Waals surface area (Å²) in [5, 5.41) is 1.55. The fourth-order valence-electron chi connectivity index (χ4n) is 9.47. The Morgan fingerprint density at radius 1 is 0.468 bits per heavy atom. The summed E-state index contributed by atoms with van der Waals surface area (Å²) in [6.07, 6.45) is 6.33. The van der Waals surface area contributed by atoms with Crippen molar-refractivity contribution in [2.24, 2.45) is 0 Å². The van der Waals surface area contributed by atoms with Gasteiger partial charge in [0.2, 0.25) is 0 Å². The Morgan fingerprint density at radius 3 is 1.32 bits per heavy atom. The molecular weight excluding hydrogens is 593 g/mol. The zero-order valence-electron chi connectivity index (χ0n) is 30.7. The van der Waals surface area contributed by atoms with Crippen LogP contribution in [-0.2, 0) is 20.7 Å². The number of allylic oxidation sites excluding steroid dienone is 2. The lowest BCUT2D eigenvalue weighted by molar-refractivity contribution is 0.585. The summed E-state index contributed by atoms with van der Waals surface area (Å²) in [4.78, 5) is 0.488. The number of rotatable bonds is 0. The second-order valence-corrected chi connectivity index (χ2v) is 17.1. The topological polar surface area (TPSA) is 34.1 Å². The van der Waals surface area contributed by atoms with E-state index in [2.05, 4.69) is 127 Å². The fraction of sp³-hybridized carbons (Fsp3) is 0.364. The van der Waals surface area contributed by atoms with Crippen LogP contribution in [0.25, 0.3) is 28.3 Å². The van der Waals surface area contributed by atoms with Crippen LogP contribution in [0.1, 0.15) is 108 Å². The van der Waals surface area contributed by atoms with Gasteiger partial charge in [-0.15, -0.1) is 0 Å². The first-order valence-electron chi connectivity index (χ1n) is 17.0. The SMILES string of the molecule is Cc1c(C)c(C)c2c(c1C)-c1c(C)c(C)c(C)c(C)c1C1(C=CS(=O)(=O)c3c1ccc1c3C(C)(C)C=C1)c1c(C)c(C)c(C)c(C)c1-2.